The minimum Gasteiger partial charge on any atom is -0.389 e. The van der Waals surface area contributed by atoms with E-state index in [0.29, 0.717) is 19.0 Å². The minimum absolute atomic E-state index is 0.0167. The number of carbonyl (C=O) groups excluding carboxylic acids is 1. The predicted molar refractivity (Wildman–Crippen MR) is 60.0 cm³/mol. The van der Waals surface area contributed by atoms with Crippen LogP contribution < -0.4 is 0 Å². The molecule has 0 spiro atoms. The molecule has 2 rings (SSSR count). The van der Waals surface area contributed by atoms with E-state index in [1.807, 2.05) is 0 Å². The summed E-state index contributed by atoms with van der Waals surface area (Å²) in [6, 6.07) is 0. The summed E-state index contributed by atoms with van der Waals surface area (Å²) in [4.78, 5) is 13.3. The van der Waals surface area contributed by atoms with Gasteiger partial charge in [-0.3, -0.25) is 4.79 Å². The van der Waals surface area contributed by atoms with Crippen LogP contribution in [0.2, 0.25) is 0 Å². The molecule has 4 heteroatoms. The molecule has 1 heterocycles. The van der Waals surface area contributed by atoms with E-state index < -0.39 is 0 Å². The Labute approximate surface area is 96.6 Å². The Hall–Kier alpha value is -0.610. The van der Waals surface area contributed by atoms with E-state index in [9.17, 15) is 4.79 Å². The third kappa shape index (κ3) is 2.74. The minimum atomic E-state index is -0.322. The molecule has 2 aliphatic rings. The maximum atomic E-state index is 11.6. The highest BCUT2D eigenvalue weighted by Gasteiger charge is 2.30. The molecule has 1 aliphatic heterocycles. The number of aliphatic hydroxyl groups excluding tert-OH is 1. The first-order chi connectivity index (χ1) is 7.66. The number of hydrogen-bond donors (Lipinski definition) is 1. The van der Waals surface area contributed by atoms with Crippen molar-refractivity contribution in [2.45, 2.75) is 44.8 Å². The van der Waals surface area contributed by atoms with E-state index in [-0.39, 0.29) is 24.7 Å². The monoisotopic (exact) mass is 227 g/mol. The lowest BCUT2D eigenvalue weighted by Gasteiger charge is -2.36. The van der Waals surface area contributed by atoms with Gasteiger partial charge in [0.2, 0.25) is 5.91 Å². The number of amides is 1. The number of ether oxygens (including phenoxy) is 1. The number of rotatable bonds is 3. The molecular formula is C12H21NO3. The van der Waals surface area contributed by atoms with Crippen LogP contribution in [0.25, 0.3) is 0 Å². The van der Waals surface area contributed by atoms with Gasteiger partial charge in [-0.05, 0) is 18.8 Å². The summed E-state index contributed by atoms with van der Waals surface area (Å²) in [7, 11) is 0. The standard InChI is InChI=1S/C12H21NO3/c1-9-4-2-3-5-11(9)16-8-12(15)13-6-10(14)7-13/h9-11,14H,2-8H2,1H3. The topological polar surface area (TPSA) is 49.8 Å². The fourth-order valence-corrected chi connectivity index (χ4v) is 2.46. The molecule has 1 saturated carbocycles. The van der Waals surface area contributed by atoms with Gasteiger partial charge < -0.3 is 14.7 Å². The average Bonchev–Trinajstić information content (AvgIpc) is 2.23. The SMILES string of the molecule is CC1CCCCC1OCC(=O)N1CC(O)C1. The molecule has 2 atom stereocenters. The second-order valence-corrected chi connectivity index (χ2v) is 5.06. The third-order valence-electron chi connectivity index (χ3n) is 3.67. The van der Waals surface area contributed by atoms with Gasteiger partial charge in [0.15, 0.2) is 0 Å². The zero-order chi connectivity index (χ0) is 11.5. The van der Waals surface area contributed by atoms with Crippen molar-refractivity contribution in [3.8, 4) is 0 Å². The van der Waals surface area contributed by atoms with Crippen molar-refractivity contribution < 1.29 is 14.6 Å². The first-order valence-corrected chi connectivity index (χ1v) is 6.24. The largest absolute Gasteiger partial charge is 0.389 e. The van der Waals surface area contributed by atoms with Crippen molar-refractivity contribution >= 4 is 5.91 Å². The maximum Gasteiger partial charge on any atom is 0.248 e. The van der Waals surface area contributed by atoms with E-state index in [2.05, 4.69) is 6.92 Å². The lowest BCUT2D eigenvalue weighted by molar-refractivity contribution is -0.149. The van der Waals surface area contributed by atoms with E-state index in [1.165, 1.54) is 19.3 Å². The van der Waals surface area contributed by atoms with E-state index in [0.717, 1.165) is 6.42 Å². The fraction of sp³-hybridized carbons (Fsp3) is 0.917. The van der Waals surface area contributed by atoms with Crippen LogP contribution in [-0.4, -0.2) is 47.8 Å². The molecule has 16 heavy (non-hydrogen) atoms. The smallest absolute Gasteiger partial charge is 0.248 e. The van der Waals surface area contributed by atoms with Crippen molar-refractivity contribution in [2.24, 2.45) is 5.92 Å². The number of aliphatic hydroxyl groups is 1. The molecule has 0 radical (unpaired) electrons. The Bertz CT molecular complexity index is 251. The van der Waals surface area contributed by atoms with Crippen LogP contribution >= 0.6 is 0 Å². The number of nitrogens with zero attached hydrogens (tertiary/aromatic N) is 1. The Balaban J connectivity index is 1.68. The van der Waals surface area contributed by atoms with E-state index >= 15 is 0 Å². The number of hydrogen-bond acceptors (Lipinski definition) is 3. The predicted octanol–water partition coefficient (Wildman–Crippen LogP) is 0.785. The highest BCUT2D eigenvalue weighted by atomic mass is 16.5. The summed E-state index contributed by atoms with van der Waals surface area (Å²) in [6.07, 6.45) is 4.72. The number of carbonyl (C=O) groups is 1. The quantitative estimate of drug-likeness (QED) is 0.775. The summed E-state index contributed by atoms with van der Waals surface area (Å²) in [6.45, 7) is 3.33. The molecule has 2 fully saturated rings. The van der Waals surface area contributed by atoms with Crippen LogP contribution in [0.3, 0.4) is 0 Å². The molecule has 0 aromatic carbocycles. The van der Waals surface area contributed by atoms with Crippen molar-refractivity contribution in [2.75, 3.05) is 19.7 Å². The molecule has 1 aliphatic carbocycles. The van der Waals surface area contributed by atoms with Gasteiger partial charge in [-0.25, -0.2) is 0 Å². The van der Waals surface area contributed by atoms with Gasteiger partial charge in [-0.15, -0.1) is 0 Å². The molecule has 1 amide bonds. The lowest BCUT2D eigenvalue weighted by atomic mass is 9.88. The summed E-state index contributed by atoms with van der Waals surface area (Å²) in [5.41, 5.74) is 0. The van der Waals surface area contributed by atoms with E-state index in [4.69, 9.17) is 9.84 Å². The Morgan fingerprint density at radius 1 is 1.38 bits per heavy atom. The van der Waals surface area contributed by atoms with E-state index in [1.54, 1.807) is 4.90 Å². The van der Waals surface area contributed by atoms with Gasteiger partial charge in [0, 0.05) is 13.1 Å². The van der Waals surface area contributed by atoms with Crippen LogP contribution in [0.1, 0.15) is 32.6 Å². The zero-order valence-electron chi connectivity index (χ0n) is 9.89. The van der Waals surface area contributed by atoms with Crippen LogP contribution in [0.5, 0.6) is 0 Å². The van der Waals surface area contributed by atoms with Gasteiger partial charge in [0.1, 0.15) is 6.61 Å². The summed E-state index contributed by atoms with van der Waals surface area (Å²) in [5, 5.41) is 9.09. The van der Waals surface area contributed by atoms with Crippen molar-refractivity contribution in [3.05, 3.63) is 0 Å². The third-order valence-corrected chi connectivity index (χ3v) is 3.67. The molecule has 0 aromatic heterocycles. The van der Waals surface area contributed by atoms with Crippen molar-refractivity contribution in [1.29, 1.82) is 0 Å². The molecule has 0 bridgehead atoms. The molecule has 0 aromatic rings. The number of likely N-dealkylation sites (tertiary alicyclic amines) is 1. The molecule has 92 valence electrons. The van der Waals surface area contributed by atoms with Crippen molar-refractivity contribution in [1.82, 2.24) is 4.90 Å². The Kier molecular flexibility index (Phi) is 3.82. The second-order valence-electron chi connectivity index (χ2n) is 5.06. The zero-order valence-corrected chi connectivity index (χ0v) is 9.89. The van der Waals surface area contributed by atoms with Crippen LogP contribution in [0.15, 0.2) is 0 Å². The fourth-order valence-electron chi connectivity index (χ4n) is 2.46. The Morgan fingerprint density at radius 3 is 2.69 bits per heavy atom. The van der Waals surface area contributed by atoms with Gasteiger partial charge in [-0.2, -0.15) is 0 Å². The molecule has 4 nitrogen and oxygen atoms in total. The molecule has 1 N–H and O–H groups in total. The van der Waals surface area contributed by atoms with Crippen molar-refractivity contribution in [3.63, 3.8) is 0 Å². The summed E-state index contributed by atoms with van der Waals surface area (Å²) in [5.74, 6) is 0.589. The molecular weight excluding hydrogens is 206 g/mol. The molecule has 1 saturated heterocycles. The summed E-state index contributed by atoms with van der Waals surface area (Å²) < 4.78 is 5.68. The first-order valence-electron chi connectivity index (χ1n) is 6.24. The average molecular weight is 227 g/mol. The van der Waals surface area contributed by atoms with Gasteiger partial charge >= 0.3 is 0 Å². The number of β-amino-alcohol motifs (C(OH)–C–C–N with tert-alkyl or cyclic N) is 1. The normalized spacial score (nSPS) is 31.2. The van der Waals surface area contributed by atoms with Gasteiger partial charge in [-0.1, -0.05) is 19.8 Å². The van der Waals surface area contributed by atoms with Crippen LogP contribution in [-0.2, 0) is 9.53 Å². The molecule has 2 unspecified atom stereocenters. The maximum absolute atomic E-state index is 11.6. The lowest BCUT2D eigenvalue weighted by Crippen LogP contribution is -2.54. The second kappa shape index (κ2) is 5.15. The summed E-state index contributed by atoms with van der Waals surface area (Å²) >= 11 is 0. The Morgan fingerprint density at radius 2 is 2.06 bits per heavy atom. The van der Waals surface area contributed by atoms with Gasteiger partial charge in [0.05, 0.1) is 12.2 Å². The highest BCUT2D eigenvalue weighted by Crippen LogP contribution is 2.26. The van der Waals surface area contributed by atoms with Crippen LogP contribution in [0, 0.1) is 5.92 Å². The van der Waals surface area contributed by atoms with Gasteiger partial charge in [0.25, 0.3) is 0 Å². The highest BCUT2D eigenvalue weighted by molar-refractivity contribution is 5.78. The van der Waals surface area contributed by atoms with Crippen LogP contribution in [0.4, 0.5) is 0 Å². The first kappa shape index (κ1) is 11.9.